The van der Waals surface area contributed by atoms with Crippen LogP contribution in [0.5, 0.6) is 0 Å². The topological polar surface area (TPSA) is 62.3 Å². The van der Waals surface area contributed by atoms with Gasteiger partial charge in [-0.05, 0) is 41.8 Å². The van der Waals surface area contributed by atoms with Crippen molar-refractivity contribution in [2.75, 3.05) is 23.4 Å². The van der Waals surface area contributed by atoms with Crippen LogP contribution in [0.4, 0.5) is 9.52 Å². The van der Waals surface area contributed by atoms with Gasteiger partial charge in [-0.3, -0.25) is 9.59 Å². The van der Waals surface area contributed by atoms with Crippen LogP contribution in [0, 0.1) is 5.82 Å². The Hall–Kier alpha value is -2.71. The molecule has 3 aromatic rings. The number of nitrogens with one attached hydrogen (secondary N) is 1. The summed E-state index contributed by atoms with van der Waals surface area (Å²) in [6.45, 7) is 1.35. The molecule has 4 rings (SSSR count). The first-order valence-corrected chi connectivity index (χ1v) is 11.6. The fraction of sp³-hybridized carbons (Fsp3) is 0.227. The molecule has 8 heteroatoms. The number of anilines is 1. The molecule has 2 heterocycles. The highest BCUT2D eigenvalue weighted by Crippen LogP contribution is 2.25. The lowest BCUT2D eigenvalue weighted by Gasteiger charge is -2.28. The molecular weight excluding hydrogens is 421 g/mol. The van der Waals surface area contributed by atoms with Gasteiger partial charge in [0, 0.05) is 24.0 Å². The highest BCUT2D eigenvalue weighted by atomic mass is 32.2. The second-order valence-electron chi connectivity index (χ2n) is 6.92. The molecule has 1 aromatic heterocycles. The number of carbonyl (C=O) groups is 2. The van der Waals surface area contributed by atoms with E-state index in [0.29, 0.717) is 23.9 Å². The minimum absolute atomic E-state index is 0.0511. The van der Waals surface area contributed by atoms with E-state index >= 15 is 0 Å². The Morgan fingerprint density at radius 3 is 2.67 bits per heavy atom. The largest absolute Gasteiger partial charge is 0.337 e. The zero-order chi connectivity index (χ0) is 20.9. The molecule has 0 saturated heterocycles. The summed E-state index contributed by atoms with van der Waals surface area (Å²) in [6.07, 6.45) is 0.869. The summed E-state index contributed by atoms with van der Waals surface area (Å²) in [7, 11) is 0. The number of amides is 2. The fourth-order valence-electron chi connectivity index (χ4n) is 3.27. The van der Waals surface area contributed by atoms with Gasteiger partial charge in [-0.1, -0.05) is 24.3 Å². The molecule has 0 spiro atoms. The molecule has 2 aromatic carbocycles. The van der Waals surface area contributed by atoms with Crippen molar-refractivity contribution in [3.8, 4) is 11.3 Å². The van der Waals surface area contributed by atoms with Crippen LogP contribution in [0.15, 0.2) is 53.9 Å². The van der Waals surface area contributed by atoms with Gasteiger partial charge in [0.25, 0.3) is 0 Å². The van der Waals surface area contributed by atoms with Gasteiger partial charge in [0.15, 0.2) is 5.13 Å². The maximum absolute atomic E-state index is 13.0. The standard InChI is InChI=1S/C22H20FN3O2S2/c23-18-7-5-16(6-8-18)19-12-30-22(24-19)25-20(27)13-29-14-21(28)26-10-9-15-3-1-2-4-17(15)11-26/h1-8,12H,9-11,13-14H2,(H,24,25,27). The summed E-state index contributed by atoms with van der Waals surface area (Å²) in [4.78, 5) is 30.9. The van der Waals surface area contributed by atoms with Gasteiger partial charge < -0.3 is 10.2 Å². The molecule has 5 nitrogen and oxygen atoms in total. The second kappa shape index (κ2) is 9.40. The van der Waals surface area contributed by atoms with E-state index in [1.807, 2.05) is 22.4 Å². The minimum atomic E-state index is -0.303. The van der Waals surface area contributed by atoms with Crippen LogP contribution in [-0.4, -0.2) is 39.7 Å². The van der Waals surface area contributed by atoms with Gasteiger partial charge in [0.1, 0.15) is 5.82 Å². The van der Waals surface area contributed by atoms with Gasteiger partial charge in [-0.25, -0.2) is 9.37 Å². The predicted molar refractivity (Wildman–Crippen MR) is 119 cm³/mol. The monoisotopic (exact) mass is 441 g/mol. The maximum Gasteiger partial charge on any atom is 0.236 e. The number of halogens is 1. The lowest BCUT2D eigenvalue weighted by molar-refractivity contribution is -0.129. The van der Waals surface area contributed by atoms with Gasteiger partial charge in [-0.15, -0.1) is 23.1 Å². The van der Waals surface area contributed by atoms with E-state index in [1.165, 1.54) is 46.4 Å². The molecule has 0 bridgehead atoms. The summed E-state index contributed by atoms with van der Waals surface area (Å²) in [5, 5.41) is 5.06. The van der Waals surface area contributed by atoms with E-state index in [-0.39, 0.29) is 29.1 Å². The Morgan fingerprint density at radius 2 is 1.87 bits per heavy atom. The molecule has 0 saturated carbocycles. The summed E-state index contributed by atoms with van der Waals surface area (Å²) >= 11 is 2.61. The zero-order valence-corrected chi connectivity index (χ0v) is 17.8. The molecule has 154 valence electrons. The summed E-state index contributed by atoms with van der Waals surface area (Å²) < 4.78 is 13.0. The summed E-state index contributed by atoms with van der Waals surface area (Å²) in [5.41, 5.74) is 3.97. The molecule has 30 heavy (non-hydrogen) atoms. The average molecular weight is 442 g/mol. The highest BCUT2D eigenvalue weighted by Gasteiger charge is 2.20. The van der Waals surface area contributed by atoms with Crippen molar-refractivity contribution in [3.05, 3.63) is 70.9 Å². The normalized spacial score (nSPS) is 13.0. The van der Waals surface area contributed by atoms with Crippen LogP contribution in [0.3, 0.4) is 0 Å². The Balaban J connectivity index is 1.23. The minimum Gasteiger partial charge on any atom is -0.337 e. The summed E-state index contributed by atoms with van der Waals surface area (Å²) in [5.74, 6) is 0.00501. The van der Waals surface area contributed by atoms with Crippen molar-refractivity contribution >= 4 is 40.0 Å². The van der Waals surface area contributed by atoms with Crippen LogP contribution >= 0.6 is 23.1 Å². The van der Waals surface area contributed by atoms with Crippen molar-refractivity contribution in [1.29, 1.82) is 0 Å². The number of hydrogen-bond acceptors (Lipinski definition) is 5. The lowest BCUT2D eigenvalue weighted by Crippen LogP contribution is -2.37. The van der Waals surface area contributed by atoms with Crippen molar-refractivity contribution < 1.29 is 14.0 Å². The predicted octanol–water partition coefficient (Wildman–Crippen LogP) is 4.21. The van der Waals surface area contributed by atoms with Gasteiger partial charge in [0.05, 0.1) is 17.2 Å². The van der Waals surface area contributed by atoms with Crippen LogP contribution in [0.25, 0.3) is 11.3 Å². The van der Waals surface area contributed by atoms with Gasteiger partial charge in [-0.2, -0.15) is 0 Å². The van der Waals surface area contributed by atoms with E-state index in [0.717, 1.165) is 12.0 Å². The first-order valence-electron chi connectivity index (χ1n) is 9.52. The van der Waals surface area contributed by atoms with E-state index in [2.05, 4.69) is 22.4 Å². The first-order chi connectivity index (χ1) is 14.6. The molecule has 0 radical (unpaired) electrons. The third-order valence-corrected chi connectivity index (χ3v) is 6.51. The third-order valence-electron chi connectivity index (χ3n) is 4.83. The smallest absolute Gasteiger partial charge is 0.236 e. The third kappa shape index (κ3) is 5.06. The SMILES string of the molecule is O=C(CSCC(=O)N1CCc2ccccc2C1)Nc1nc(-c2ccc(F)cc2)cs1. The molecule has 0 fully saturated rings. The number of fused-ring (bicyclic) bond motifs is 1. The molecular formula is C22H20FN3O2S2. The van der Waals surface area contributed by atoms with E-state index < -0.39 is 0 Å². The van der Waals surface area contributed by atoms with Crippen LogP contribution < -0.4 is 5.32 Å². The Morgan fingerprint density at radius 1 is 1.10 bits per heavy atom. The number of carbonyl (C=O) groups excluding carboxylic acids is 2. The van der Waals surface area contributed by atoms with Crippen molar-refractivity contribution in [2.24, 2.45) is 0 Å². The van der Waals surface area contributed by atoms with Crippen molar-refractivity contribution in [1.82, 2.24) is 9.88 Å². The Bertz CT molecular complexity index is 1050. The van der Waals surface area contributed by atoms with Crippen molar-refractivity contribution in [3.63, 3.8) is 0 Å². The average Bonchev–Trinajstić information content (AvgIpc) is 3.22. The number of hydrogen-bond donors (Lipinski definition) is 1. The molecule has 0 aliphatic carbocycles. The van der Waals surface area contributed by atoms with Gasteiger partial charge in [0.2, 0.25) is 11.8 Å². The molecule has 2 amide bonds. The van der Waals surface area contributed by atoms with Crippen molar-refractivity contribution in [2.45, 2.75) is 13.0 Å². The Kier molecular flexibility index (Phi) is 6.44. The second-order valence-corrected chi connectivity index (χ2v) is 8.76. The summed E-state index contributed by atoms with van der Waals surface area (Å²) in [6, 6.07) is 14.2. The Labute approximate surface area is 182 Å². The molecule has 1 N–H and O–H groups in total. The lowest BCUT2D eigenvalue weighted by atomic mass is 10.00. The van der Waals surface area contributed by atoms with E-state index in [4.69, 9.17) is 0 Å². The molecule has 0 unspecified atom stereocenters. The van der Waals surface area contributed by atoms with E-state index in [1.54, 1.807) is 12.1 Å². The molecule has 0 atom stereocenters. The fourth-order valence-corrected chi connectivity index (χ4v) is 4.72. The number of aromatic nitrogens is 1. The first kappa shape index (κ1) is 20.6. The number of thiazole rings is 1. The maximum atomic E-state index is 13.0. The zero-order valence-electron chi connectivity index (χ0n) is 16.1. The van der Waals surface area contributed by atoms with Gasteiger partial charge >= 0.3 is 0 Å². The van der Waals surface area contributed by atoms with Crippen LogP contribution in [-0.2, 0) is 22.6 Å². The molecule has 1 aliphatic rings. The number of rotatable bonds is 6. The quantitative estimate of drug-likeness (QED) is 0.623. The number of thioether (sulfide) groups is 1. The van der Waals surface area contributed by atoms with E-state index in [9.17, 15) is 14.0 Å². The highest BCUT2D eigenvalue weighted by molar-refractivity contribution is 8.00. The van der Waals surface area contributed by atoms with Crippen LogP contribution in [0.1, 0.15) is 11.1 Å². The van der Waals surface area contributed by atoms with Crippen LogP contribution in [0.2, 0.25) is 0 Å². The number of nitrogens with zero attached hydrogens (tertiary/aromatic N) is 2. The molecule has 1 aliphatic heterocycles. The number of benzene rings is 2.